The number of fused-ring (bicyclic) bond motifs is 6. The van der Waals surface area contributed by atoms with Crippen LogP contribution in [-0.4, -0.2) is 171 Å². The number of aldehydes is 1. The summed E-state index contributed by atoms with van der Waals surface area (Å²) in [5.41, 5.74) is 7.72. The third-order valence-corrected chi connectivity index (χ3v) is 15.2. The number of nitrogens with zero attached hydrogens (tertiary/aromatic N) is 1. The normalized spacial score (nSPS) is 29.3. The van der Waals surface area contributed by atoms with Crippen LogP contribution < -0.4 is 53.4 Å². The zero-order chi connectivity index (χ0) is 52.5. The Bertz CT molecular complexity index is 2370. The van der Waals surface area contributed by atoms with E-state index in [2.05, 4.69) is 42.2 Å². The van der Waals surface area contributed by atoms with Gasteiger partial charge in [0.2, 0.25) is 52.9 Å². The van der Waals surface area contributed by atoms with Crippen molar-refractivity contribution in [3.05, 3.63) is 23.8 Å². The fraction of sp³-hybridized carbons (Fsp3) is 0.638. The molecule has 72 heavy (non-hydrogen) atoms. The molecule has 6 heterocycles. The molecule has 7 amide bonds. The van der Waals surface area contributed by atoms with Gasteiger partial charge in [0.25, 0.3) is 0 Å². The van der Waals surface area contributed by atoms with Gasteiger partial charge in [-0.3, -0.25) is 48.5 Å². The number of hydrogen-bond donors (Lipinski definition) is 13. The number of thioether (sulfide) groups is 1. The first kappa shape index (κ1) is 55.6. The van der Waals surface area contributed by atoms with E-state index in [9.17, 15) is 48.9 Å². The van der Waals surface area contributed by atoms with Gasteiger partial charge >= 0.3 is 0 Å². The average molecular weight is 1030 g/mol. The summed E-state index contributed by atoms with van der Waals surface area (Å²) in [5.74, 6) is -8.71. The topological polar surface area (TPSA) is 379 Å². The number of rotatable bonds is 15. The standard InChI is InChI=1S/C47H69N11O13S/c1-4-24(2)38-43(69)51-18-36(64)52-33-22-72-45-29-16-32(41(67)50-19-37(65)56-38)54-44(70)39(25(3)34(62)21-59)57-46(23-60)17-26(61)20-58(46)47(13-7-5-6-8-14-48,71-27-9-10-28(29)31(15-27)55-45)40(66)30(53-42(33)68)11-12-35(49)63/h9-10,15,23-26,30,32-34,38-39,55,57,59,61-62H,4-8,11-14,16-22,48H2,1-3H3,(H2,49,63)(H,50,67)(H,51,69)(H,52,64)(H,53,68)(H,54,70)(H,56,65)/t24-,25-,26+,30-,32?,33?,34-,38-,39-,46-,47?/m0/s1. The highest BCUT2D eigenvalue weighted by atomic mass is 32.2. The number of nitrogens with one attached hydrogen (secondary N) is 8. The number of unbranched alkanes of at least 4 members (excludes halogenated alkanes) is 3. The van der Waals surface area contributed by atoms with Gasteiger partial charge in [0.05, 0.1) is 54.5 Å². The molecule has 11 atom stereocenters. The Kier molecular flexibility index (Phi) is 18.8. The van der Waals surface area contributed by atoms with Crippen LogP contribution in [0, 0.1) is 11.8 Å². The molecule has 1 saturated heterocycles. The average Bonchev–Trinajstić information content (AvgIpc) is 3.88. The van der Waals surface area contributed by atoms with E-state index in [0.717, 1.165) is 11.8 Å². The number of nitrogens with two attached hydrogens (primary N) is 2. The molecule has 396 valence electrons. The lowest BCUT2D eigenvalue weighted by atomic mass is 9.87. The molecule has 1 aromatic carbocycles. The Morgan fingerprint density at radius 2 is 1.64 bits per heavy atom. The van der Waals surface area contributed by atoms with Crippen molar-refractivity contribution in [1.29, 1.82) is 0 Å². The maximum absolute atomic E-state index is 16.1. The lowest BCUT2D eigenvalue weighted by Crippen LogP contribution is -2.74. The summed E-state index contributed by atoms with van der Waals surface area (Å²) in [5, 5.41) is 52.9. The van der Waals surface area contributed by atoms with E-state index >= 15 is 9.59 Å². The molecule has 5 aliphatic heterocycles. The zero-order valence-electron chi connectivity index (χ0n) is 40.8. The number of aromatic nitrogens is 1. The number of benzene rings is 1. The molecule has 1 aromatic heterocycles. The zero-order valence-corrected chi connectivity index (χ0v) is 41.6. The van der Waals surface area contributed by atoms with Gasteiger partial charge in [-0.2, -0.15) is 0 Å². The first-order chi connectivity index (χ1) is 34.3. The van der Waals surface area contributed by atoms with Crippen molar-refractivity contribution >= 4 is 76.1 Å². The Morgan fingerprint density at radius 3 is 2.32 bits per heavy atom. The van der Waals surface area contributed by atoms with E-state index < -0.39 is 158 Å². The third-order valence-electron chi connectivity index (χ3n) is 14.1. The van der Waals surface area contributed by atoms with Gasteiger partial charge in [0, 0.05) is 55.4 Å². The van der Waals surface area contributed by atoms with Crippen molar-refractivity contribution in [3.8, 4) is 5.75 Å². The van der Waals surface area contributed by atoms with Crippen LogP contribution in [0.2, 0.25) is 0 Å². The fourth-order valence-corrected chi connectivity index (χ4v) is 10.9. The molecule has 0 saturated carbocycles. The van der Waals surface area contributed by atoms with Gasteiger partial charge in [-0.05, 0) is 49.4 Å². The second-order valence-corrected chi connectivity index (χ2v) is 20.2. The molecule has 3 unspecified atom stereocenters. The van der Waals surface area contributed by atoms with E-state index in [4.69, 9.17) is 16.2 Å². The van der Waals surface area contributed by atoms with Gasteiger partial charge in [-0.1, -0.05) is 40.0 Å². The van der Waals surface area contributed by atoms with Crippen LogP contribution in [-0.2, 0) is 49.6 Å². The largest absolute Gasteiger partial charge is 0.465 e. The number of ketones is 1. The second kappa shape index (κ2) is 24.3. The summed E-state index contributed by atoms with van der Waals surface area (Å²) < 4.78 is 7.00. The molecule has 7 rings (SSSR count). The van der Waals surface area contributed by atoms with Crippen LogP contribution in [0.25, 0.3) is 10.9 Å². The lowest BCUT2D eigenvalue weighted by Gasteiger charge is -2.49. The number of carbonyl (C=O) groups is 9. The minimum absolute atomic E-state index is 0.0683. The molecule has 0 radical (unpaired) electrons. The first-order valence-corrected chi connectivity index (χ1v) is 25.5. The highest BCUT2D eigenvalue weighted by Gasteiger charge is 2.61. The van der Waals surface area contributed by atoms with Crippen LogP contribution in [0.4, 0.5) is 0 Å². The van der Waals surface area contributed by atoms with Crippen molar-refractivity contribution in [2.45, 2.75) is 144 Å². The van der Waals surface area contributed by atoms with Gasteiger partial charge < -0.3 is 68.4 Å². The SMILES string of the molecule is CC[C@H](C)[C@@H]1NC(=O)CNC(=O)C2Cc3c4[nH]c5cc(ccc35)OC(CCCCCCN)(C(=O)[C@H](CCC(N)=O)NC(=O)C(CS4)NC(=O)CNC1=O)N1C[C@H](O)C[C@]1(C=O)N[C@@H]([C@@H](C)[C@@H](O)CO)C(=O)N2. The van der Waals surface area contributed by atoms with Crippen LogP contribution >= 0.6 is 11.8 Å². The molecule has 0 spiro atoms. The monoisotopic (exact) mass is 1030 g/mol. The number of aromatic amines is 1. The van der Waals surface area contributed by atoms with Crippen molar-refractivity contribution in [1.82, 2.24) is 47.1 Å². The number of aliphatic hydroxyl groups is 3. The van der Waals surface area contributed by atoms with E-state index in [0.29, 0.717) is 60.0 Å². The summed E-state index contributed by atoms with van der Waals surface area (Å²) in [6.45, 7) is 2.64. The third kappa shape index (κ3) is 12.5. The second-order valence-electron chi connectivity index (χ2n) is 19.2. The maximum Gasteiger partial charge on any atom is 0.244 e. The van der Waals surface area contributed by atoms with E-state index in [1.54, 1.807) is 32.0 Å². The summed E-state index contributed by atoms with van der Waals surface area (Å²) in [7, 11) is 0. The van der Waals surface area contributed by atoms with Crippen LogP contribution in [0.3, 0.4) is 0 Å². The Labute approximate surface area is 420 Å². The molecular formula is C47H69N11O13S. The number of carbonyl (C=O) groups excluding carboxylic acids is 9. The van der Waals surface area contributed by atoms with Gasteiger partial charge in [0.1, 0.15) is 29.5 Å². The van der Waals surface area contributed by atoms with Crippen molar-refractivity contribution in [2.24, 2.45) is 23.3 Å². The molecule has 0 aliphatic carbocycles. The minimum Gasteiger partial charge on any atom is -0.465 e. The smallest absolute Gasteiger partial charge is 0.244 e. The minimum atomic E-state index is -2.36. The molecule has 25 heteroatoms. The Morgan fingerprint density at radius 1 is 0.931 bits per heavy atom. The van der Waals surface area contributed by atoms with Crippen LogP contribution in [0.1, 0.15) is 84.1 Å². The molecule has 24 nitrogen and oxygen atoms in total. The lowest BCUT2D eigenvalue weighted by molar-refractivity contribution is -0.175. The van der Waals surface area contributed by atoms with E-state index in [-0.39, 0.29) is 30.8 Å². The van der Waals surface area contributed by atoms with Gasteiger partial charge in [0.15, 0.2) is 6.29 Å². The summed E-state index contributed by atoms with van der Waals surface area (Å²) in [4.78, 5) is 133. The number of H-pyrrole nitrogens is 1. The summed E-state index contributed by atoms with van der Waals surface area (Å²) >= 11 is 1.05. The van der Waals surface area contributed by atoms with Gasteiger partial charge in [-0.25, -0.2) is 4.90 Å². The van der Waals surface area contributed by atoms with Gasteiger partial charge in [-0.15, -0.1) is 11.8 Å². The first-order valence-electron chi connectivity index (χ1n) is 24.5. The molecular weight excluding hydrogens is 959 g/mol. The number of amides is 7. The summed E-state index contributed by atoms with van der Waals surface area (Å²) in [6, 6.07) is -2.70. The van der Waals surface area contributed by atoms with Crippen LogP contribution in [0.15, 0.2) is 23.2 Å². The summed E-state index contributed by atoms with van der Waals surface area (Å²) in [6.07, 6.45) is -2.14. The maximum atomic E-state index is 16.1. The van der Waals surface area contributed by atoms with Crippen LogP contribution in [0.5, 0.6) is 5.75 Å². The number of hydrogen-bond acceptors (Lipinski definition) is 17. The number of primary amides is 1. The molecule has 2 aromatic rings. The highest BCUT2D eigenvalue weighted by Crippen LogP contribution is 2.42. The van der Waals surface area contributed by atoms with E-state index in [1.807, 2.05) is 0 Å². The molecule has 1 fully saturated rings. The molecule has 8 bridgehead atoms. The number of ether oxygens (including phenoxy) is 1. The number of Topliss-reactive ketones (excluding diaryl/α,β-unsaturated/α-hetero) is 1. The van der Waals surface area contributed by atoms with Crippen molar-refractivity contribution < 1.29 is 63.2 Å². The Balaban J connectivity index is 1.67. The predicted octanol–water partition coefficient (Wildman–Crippen LogP) is -3.21. The van der Waals surface area contributed by atoms with E-state index in [1.165, 1.54) is 11.8 Å². The molecule has 15 N–H and O–H groups in total. The predicted molar refractivity (Wildman–Crippen MR) is 260 cm³/mol. The fourth-order valence-electron chi connectivity index (χ4n) is 9.82. The van der Waals surface area contributed by atoms with Crippen molar-refractivity contribution in [2.75, 3.05) is 38.5 Å². The number of aliphatic hydroxyl groups excluding tert-OH is 3. The van der Waals surface area contributed by atoms with Crippen molar-refractivity contribution in [3.63, 3.8) is 0 Å². The quantitative estimate of drug-likeness (QED) is 0.0617. The molecule has 5 aliphatic rings. The Hall–Kier alpha value is -5.70. The highest BCUT2D eigenvalue weighted by molar-refractivity contribution is 7.99.